The van der Waals surface area contributed by atoms with Crippen molar-refractivity contribution in [2.24, 2.45) is 5.92 Å². The zero-order valence-electron chi connectivity index (χ0n) is 15.9. The molecule has 1 aromatic carbocycles. The lowest BCUT2D eigenvalue weighted by atomic mass is 9.85. The van der Waals surface area contributed by atoms with Crippen LogP contribution in [0.2, 0.25) is 0 Å². The molecule has 1 aliphatic heterocycles. The third-order valence-electron chi connectivity index (χ3n) is 4.62. The monoisotopic (exact) mass is 347 g/mol. The molecule has 1 aliphatic rings. The highest BCUT2D eigenvalue weighted by molar-refractivity contribution is 5.97. The molecule has 2 rings (SSSR count). The van der Waals surface area contributed by atoms with Crippen LogP contribution >= 0.6 is 0 Å². The van der Waals surface area contributed by atoms with Gasteiger partial charge in [0.15, 0.2) is 0 Å². The molecule has 0 N–H and O–H groups in total. The maximum atomic E-state index is 13.1. The van der Waals surface area contributed by atoms with Crippen LogP contribution in [0.25, 0.3) is 0 Å². The van der Waals surface area contributed by atoms with Crippen molar-refractivity contribution in [3.05, 3.63) is 29.3 Å². The lowest BCUT2D eigenvalue weighted by molar-refractivity contribution is -0.149. The van der Waals surface area contributed by atoms with Gasteiger partial charge in [0.05, 0.1) is 25.2 Å². The van der Waals surface area contributed by atoms with Gasteiger partial charge in [-0.25, -0.2) is 0 Å². The number of rotatable bonds is 4. The Morgan fingerprint density at radius 2 is 2.00 bits per heavy atom. The second-order valence-electron chi connectivity index (χ2n) is 7.51. The number of ether oxygens (including phenoxy) is 2. The minimum absolute atomic E-state index is 0.0589. The number of carbonyl (C=O) groups excluding carboxylic acids is 2. The maximum Gasteiger partial charge on any atom is 0.310 e. The third kappa shape index (κ3) is 4.53. The minimum atomic E-state index is -0.241. The van der Waals surface area contributed by atoms with Gasteiger partial charge in [-0.1, -0.05) is 26.8 Å². The van der Waals surface area contributed by atoms with Crippen molar-refractivity contribution in [2.45, 2.75) is 46.0 Å². The molecule has 0 aliphatic carbocycles. The molecule has 1 aromatic rings. The first-order valence-corrected chi connectivity index (χ1v) is 8.92. The Morgan fingerprint density at radius 3 is 2.60 bits per heavy atom. The average molecular weight is 347 g/mol. The highest BCUT2D eigenvalue weighted by Crippen LogP contribution is 2.30. The lowest BCUT2D eigenvalue weighted by Crippen LogP contribution is -2.43. The molecule has 0 spiro atoms. The predicted molar refractivity (Wildman–Crippen MR) is 97.0 cm³/mol. The molecule has 0 saturated carbocycles. The number of piperidine rings is 1. The van der Waals surface area contributed by atoms with Crippen LogP contribution in [0.4, 0.5) is 0 Å². The Labute approximate surface area is 150 Å². The number of esters is 1. The molecule has 1 unspecified atom stereocenters. The summed E-state index contributed by atoms with van der Waals surface area (Å²) in [4.78, 5) is 26.9. The summed E-state index contributed by atoms with van der Waals surface area (Å²) in [5, 5.41) is 0. The number of hydrogen-bond donors (Lipinski definition) is 0. The zero-order valence-corrected chi connectivity index (χ0v) is 15.9. The Kier molecular flexibility index (Phi) is 6.09. The fourth-order valence-electron chi connectivity index (χ4n) is 3.13. The molecular weight excluding hydrogens is 318 g/mol. The van der Waals surface area contributed by atoms with Gasteiger partial charge in [-0.2, -0.15) is 0 Å². The molecule has 25 heavy (non-hydrogen) atoms. The molecular formula is C20H29NO4. The Bertz CT molecular complexity index is 633. The van der Waals surface area contributed by atoms with E-state index in [4.69, 9.17) is 9.47 Å². The summed E-state index contributed by atoms with van der Waals surface area (Å²) >= 11 is 0. The predicted octanol–water partition coefficient (Wildman–Crippen LogP) is 3.41. The molecule has 1 fully saturated rings. The molecule has 5 heteroatoms. The molecule has 1 heterocycles. The lowest BCUT2D eigenvalue weighted by Gasteiger charge is -2.32. The fraction of sp³-hybridized carbons (Fsp3) is 0.600. The smallest absolute Gasteiger partial charge is 0.310 e. The second-order valence-corrected chi connectivity index (χ2v) is 7.51. The van der Waals surface area contributed by atoms with Crippen molar-refractivity contribution in [2.75, 3.05) is 26.8 Å². The molecule has 1 amide bonds. The summed E-state index contributed by atoms with van der Waals surface area (Å²) in [7, 11) is 1.57. The van der Waals surface area contributed by atoms with E-state index in [-0.39, 0.29) is 23.2 Å². The summed E-state index contributed by atoms with van der Waals surface area (Å²) in [6.07, 6.45) is 1.57. The van der Waals surface area contributed by atoms with E-state index in [1.54, 1.807) is 18.9 Å². The zero-order chi connectivity index (χ0) is 18.6. The Hall–Kier alpha value is -2.04. The first-order chi connectivity index (χ1) is 11.8. The van der Waals surface area contributed by atoms with E-state index in [9.17, 15) is 9.59 Å². The van der Waals surface area contributed by atoms with Gasteiger partial charge in [0.2, 0.25) is 0 Å². The van der Waals surface area contributed by atoms with E-state index in [0.717, 1.165) is 18.4 Å². The van der Waals surface area contributed by atoms with Crippen LogP contribution < -0.4 is 4.74 Å². The number of amides is 1. The van der Waals surface area contributed by atoms with Gasteiger partial charge < -0.3 is 14.4 Å². The third-order valence-corrected chi connectivity index (χ3v) is 4.62. The quantitative estimate of drug-likeness (QED) is 0.783. The van der Waals surface area contributed by atoms with Crippen LogP contribution in [0.1, 0.15) is 56.5 Å². The average Bonchev–Trinajstić information content (AvgIpc) is 2.60. The summed E-state index contributed by atoms with van der Waals surface area (Å²) in [5.41, 5.74) is 1.58. The summed E-state index contributed by atoms with van der Waals surface area (Å²) in [6.45, 7) is 9.55. The fourth-order valence-corrected chi connectivity index (χ4v) is 3.13. The van der Waals surface area contributed by atoms with Gasteiger partial charge in [-0.15, -0.1) is 0 Å². The molecule has 0 aromatic heterocycles. The Morgan fingerprint density at radius 1 is 1.28 bits per heavy atom. The van der Waals surface area contributed by atoms with Gasteiger partial charge in [-0.3, -0.25) is 9.59 Å². The number of likely N-dealkylation sites (tertiary alicyclic amines) is 1. The Balaban J connectivity index is 2.25. The number of hydrogen-bond acceptors (Lipinski definition) is 4. The summed E-state index contributed by atoms with van der Waals surface area (Å²) in [6, 6.07) is 5.75. The van der Waals surface area contributed by atoms with Gasteiger partial charge in [0.25, 0.3) is 5.91 Å². The SMILES string of the molecule is CCOC(=O)C1CCCN(C(=O)c2cc(C(C)(C)C)ccc2OC)C1. The minimum Gasteiger partial charge on any atom is -0.496 e. The van der Waals surface area contributed by atoms with Gasteiger partial charge >= 0.3 is 5.97 Å². The van der Waals surface area contributed by atoms with Crippen molar-refractivity contribution in [3.63, 3.8) is 0 Å². The molecule has 0 radical (unpaired) electrons. The van der Waals surface area contributed by atoms with Crippen molar-refractivity contribution in [1.82, 2.24) is 4.90 Å². The molecule has 1 saturated heterocycles. The molecule has 0 bridgehead atoms. The second kappa shape index (κ2) is 7.89. The standard InChI is InChI=1S/C20H29NO4/c1-6-25-19(23)14-8-7-11-21(13-14)18(22)16-12-15(20(2,3)4)9-10-17(16)24-5/h9-10,12,14H,6-8,11,13H2,1-5H3. The van der Waals surface area contributed by atoms with Crippen molar-refractivity contribution in [1.29, 1.82) is 0 Å². The van der Waals surface area contributed by atoms with Crippen LogP contribution in [0.3, 0.4) is 0 Å². The van der Waals surface area contributed by atoms with E-state index < -0.39 is 0 Å². The van der Waals surface area contributed by atoms with Crippen LogP contribution in [-0.2, 0) is 14.9 Å². The van der Waals surface area contributed by atoms with Crippen LogP contribution in [0, 0.1) is 5.92 Å². The number of methoxy groups -OCH3 is 1. The topological polar surface area (TPSA) is 55.8 Å². The van der Waals surface area contributed by atoms with Gasteiger partial charge in [0, 0.05) is 13.1 Å². The van der Waals surface area contributed by atoms with Gasteiger partial charge in [0.1, 0.15) is 5.75 Å². The van der Waals surface area contributed by atoms with Crippen LogP contribution in [0.15, 0.2) is 18.2 Å². The van der Waals surface area contributed by atoms with Crippen molar-refractivity contribution >= 4 is 11.9 Å². The highest BCUT2D eigenvalue weighted by atomic mass is 16.5. The van der Waals surface area contributed by atoms with E-state index in [0.29, 0.717) is 31.0 Å². The number of carbonyl (C=O) groups is 2. The summed E-state index contributed by atoms with van der Waals surface area (Å²) in [5.74, 6) is 0.0260. The maximum absolute atomic E-state index is 13.1. The summed E-state index contributed by atoms with van der Waals surface area (Å²) < 4.78 is 10.5. The molecule has 5 nitrogen and oxygen atoms in total. The van der Waals surface area contributed by atoms with E-state index in [1.165, 1.54) is 0 Å². The van der Waals surface area contributed by atoms with Crippen LogP contribution in [-0.4, -0.2) is 43.6 Å². The van der Waals surface area contributed by atoms with E-state index >= 15 is 0 Å². The normalized spacial score (nSPS) is 18.0. The van der Waals surface area contributed by atoms with Gasteiger partial charge in [-0.05, 0) is 42.9 Å². The van der Waals surface area contributed by atoms with Crippen LogP contribution in [0.5, 0.6) is 5.75 Å². The molecule has 1 atom stereocenters. The number of nitrogens with zero attached hydrogens (tertiary/aromatic N) is 1. The van der Waals surface area contributed by atoms with Crippen molar-refractivity contribution in [3.8, 4) is 5.75 Å². The largest absolute Gasteiger partial charge is 0.496 e. The van der Waals surface area contributed by atoms with E-state index in [1.807, 2.05) is 18.2 Å². The van der Waals surface area contributed by atoms with E-state index in [2.05, 4.69) is 20.8 Å². The highest BCUT2D eigenvalue weighted by Gasteiger charge is 2.31. The van der Waals surface area contributed by atoms with Crippen molar-refractivity contribution < 1.29 is 19.1 Å². The number of benzene rings is 1. The first kappa shape index (κ1) is 19.3. The first-order valence-electron chi connectivity index (χ1n) is 8.92. The molecule has 138 valence electrons.